The number of carbonyl (C=O) groups is 2. The first-order valence-corrected chi connectivity index (χ1v) is 13.2. The van der Waals surface area contributed by atoms with E-state index in [1.54, 1.807) is 23.1 Å². The Labute approximate surface area is 194 Å². The number of H-pyrrole nitrogens is 1. The largest absolute Gasteiger partial charge is 0.307 e. The summed E-state index contributed by atoms with van der Waals surface area (Å²) in [6, 6.07) is 9.73. The average molecular weight is 485 g/mol. The zero-order chi connectivity index (χ0) is 21.7. The van der Waals surface area contributed by atoms with E-state index in [2.05, 4.69) is 16.4 Å². The van der Waals surface area contributed by atoms with Gasteiger partial charge in [0, 0.05) is 20.9 Å². The molecular formula is C23H17FN2O3S3. The van der Waals surface area contributed by atoms with E-state index in [4.69, 9.17) is 0 Å². The fourth-order valence-electron chi connectivity index (χ4n) is 6.65. The number of thioether (sulfide) groups is 1. The second-order valence-corrected chi connectivity index (χ2v) is 12.1. The van der Waals surface area contributed by atoms with Gasteiger partial charge < -0.3 is 4.98 Å². The number of aromatic nitrogens is 1. The lowest BCUT2D eigenvalue weighted by Crippen LogP contribution is -2.42. The lowest BCUT2D eigenvalue weighted by molar-refractivity contribution is -0.123. The molecule has 7 atom stereocenters. The SMILES string of the molecule is O=C1C2C(C(=O)N1c1ccc(F)cc1)[C@@H]1C[C@H]2C2Sc3[nH]c(=O)sc3C(c3cccs3)C21. The summed E-state index contributed by atoms with van der Waals surface area (Å²) in [5.41, 5.74) is 0.448. The number of rotatable bonds is 2. The number of hydrogen-bond donors (Lipinski definition) is 1. The maximum atomic E-state index is 13.5. The van der Waals surface area contributed by atoms with Crippen LogP contribution in [0.1, 0.15) is 22.1 Å². The van der Waals surface area contributed by atoms with Crippen LogP contribution in [0.2, 0.25) is 0 Å². The molecule has 4 heterocycles. The Morgan fingerprint density at radius 3 is 2.47 bits per heavy atom. The van der Waals surface area contributed by atoms with E-state index < -0.39 is 5.82 Å². The van der Waals surface area contributed by atoms with E-state index in [0.29, 0.717) is 5.69 Å². The quantitative estimate of drug-likeness (QED) is 0.550. The lowest BCUT2D eigenvalue weighted by atomic mass is 9.69. The number of thiophene rings is 1. The second-order valence-electron chi connectivity index (χ2n) is 8.96. The number of fused-ring (bicyclic) bond motifs is 9. The maximum Gasteiger partial charge on any atom is 0.305 e. The van der Waals surface area contributed by atoms with E-state index in [-0.39, 0.29) is 57.4 Å². The number of halogens is 1. The molecule has 162 valence electrons. The van der Waals surface area contributed by atoms with Gasteiger partial charge in [0.1, 0.15) is 5.82 Å². The van der Waals surface area contributed by atoms with Gasteiger partial charge in [-0.25, -0.2) is 4.39 Å². The predicted octanol–water partition coefficient (Wildman–Crippen LogP) is 4.31. The molecule has 2 aliphatic carbocycles. The molecule has 1 saturated heterocycles. The van der Waals surface area contributed by atoms with E-state index in [1.807, 2.05) is 6.07 Å². The molecule has 2 amide bonds. The van der Waals surface area contributed by atoms with Gasteiger partial charge in [0.05, 0.1) is 22.5 Å². The van der Waals surface area contributed by atoms with Gasteiger partial charge in [0.2, 0.25) is 11.8 Å². The van der Waals surface area contributed by atoms with Gasteiger partial charge in [-0.05, 0) is 59.9 Å². The Balaban J connectivity index is 1.32. The molecule has 5 nitrogen and oxygen atoms in total. The number of imide groups is 1. The molecule has 1 N–H and O–H groups in total. The van der Waals surface area contributed by atoms with Crippen LogP contribution in [0.15, 0.2) is 51.6 Å². The van der Waals surface area contributed by atoms with Crippen LogP contribution in [0.25, 0.3) is 0 Å². The van der Waals surface area contributed by atoms with E-state index in [0.717, 1.165) is 16.3 Å². The minimum atomic E-state index is -0.394. The molecule has 0 spiro atoms. The predicted molar refractivity (Wildman–Crippen MR) is 122 cm³/mol. The van der Waals surface area contributed by atoms with E-state index in [9.17, 15) is 18.8 Å². The first-order valence-electron chi connectivity index (χ1n) is 10.6. The zero-order valence-corrected chi connectivity index (χ0v) is 19.0. The average Bonchev–Trinajstić information content (AvgIpc) is 3.57. The Bertz CT molecular complexity index is 1310. The van der Waals surface area contributed by atoms with Crippen molar-refractivity contribution in [3.05, 3.63) is 67.0 Å². The van der Waals surface area contributed by atoms with Gasteiger partial charge in [0.15, 0.2) is 0 Å². The Hall–Kier alpha value is -2.23. The number of nitrogens with zero attached hydrogens (tertiary/aromatic N) is 1. The summed E-state index contributed by atoms with van der Waals surface area (Å²) in [6.07, 6.45) is 0.869. The highest BCUT2D eigenvalue weighted by molar-refractivity contribution is 8.00. The third kappa shape index (κ3) is 2.42. The number of carbonyl (C=O) groups excluding carboxylic acids is 2. The highest BCUT2D eigenvalue weighted by Gasteiger charge is 2.69. The summed E-state index contributed by atoms with van der Waals surface area (Å²) in [5.74, 6) is -0.873. The summed E-state index contributed by atoms with van der Waals surface area (Å²) >= 11 is 4.65. The number of aromatic amines is 1. The number of benzene rings is 1. The Morgan fingerprint density at radius 1 is 1.00 bits per heavy atom. The van der Waals surface area contributed by atoms with Crippen LogP contribution >= 0.6 is 34.4 Å². The van der Waals surface area contributed by atoms with Crippen LogP contribution in [-0.4, -0.2) is 22.0 Å². The van der Waals surface area contributed by atoms with Crippen molar-refractivity contribution in [3.63, 3.8) is 0 Å². The first-order chi connectivity index (χ1) is 15.5. The van der Waals surface area contributed by atoms with Crippen molar-refractivity contribution in [2.45, 2.75) is 22.6 Å². The molecular weight excluding hydrogens is 467 g/mol. The van der Waals surface area contributed by atoms with Crippen molar-refractivity contribution in [3.8, 4) is 0 Å². The number of anilines is 1. The summed E-state index contributed by atoms with van der Waals surface area (Å²) < 4.78 is 13.4. The van der Waals surface area contributed by atoms with Gasteiger partial charge in [-0.3, -0.25) is 19.3 Å². The number of nitrogens with one attached hydrogen (secondary N) is 1. The third-order valence-electron chi connectivity index (χ3n) is 7.66. The van der Waals surface area contributed by atoms with Gasteiger partial charge >= 0.3 is 4.87 Å². The minimum absolute atomic E-state index is 0.0498. The summed E-state index contributed by atoms with van der Waals surface area (Å²) in [6.45, 7) is 0. The minimum Gasteiger partial charge on any atom is -0.307 e. The molecule has 2 aliphatic heterocycles. The first kappa shape index (κ1) is 19.3. The fourth-order valence-corrected chi connectivity index (χ4v) is 10.5. The maximum absolute atomic E-state index is 13.5. The molecule has 2 bridgehead atoms. The van der Waals surface area contributed by atoms with Crippen LogP contribution < -0.4 is 9.77 Å². The van der Waals surface area contributed by atoms with Crippen molar-refractivity contribution in [2.24, 2.45) is 29.6 Å². The lowest BCUT2D eigenvalue weighted by Gasteiger charge is -2.42. The standard InChI is InChI=1S/C23H17FN2O3S3/c24-9-3-5-10(6-4-9)26-21(27)15-11-8-12(16(15)22(26)28)18-14(11)17(13-2-1-7-30-13)19-20(31-18)25-23(29)32-19/h1-7,11-12,14-18H,8H2,(H,25,29)/t11-,12-,14?,15?,16?,17?,18?/m1/s1. The third-order valence-corrected chi connectivity index (χ3v) is 11.2. The molecule has 4 aliphatic rings. The van der Waals surface area contributed by atoms with Crippen molar-refractivity contribution >= 4 is 51.9 Å². The fraction of sp³-hybridized carbons (Fsp3) is 0.348. The monoisotopic (exact) mass is 484 g/mol. The van der Waals surface area contributed by atoms with Crippen molar-refractivity contribution in [2.75, 3.05) is 4.90 Å². The van der Waals surface area contributed by atoms with Gasteiger partial charge in [-0.2, -0.15) is 0 Å². The van der Waals surface area contributed by atoms with Crippen LogP contribution in [0.4, 0.5) is 10.1 Å². The topological polar surface area (TPSA) is 70.2 Å². The van der Waals surface area contributed by atoms with Crippen LogP contribution in [0, 0.1) is 35.4 Å². The van der Waals surface area contributed by atoms with Crippen LogP contribution in [0.3, 0.4) is 0 Å². The van der Waals surface area contributed by atoms with Crippen molar-refractivity contribution in [1.29, 1.82) is 0 Å². The van der Waals surface area contributed by atoms with E-state index >= 15 is 0 Å². The van der Waals surface area contributed by atoms with Crippen molar-refractivity contribution < 1.29 is 14.0 Å². The highest BCUT2D eigenvalue weighted by Crippen LogP contribution is 2.68. The molecule has 32 heavy (non-hydrogen) atoms. The zero-order valence-electron chi connectivity index (χ0n) is 16.6. The molecule has 1 aromatic carbocycles. The van der Waals surface area contributed by atoms with Gasteiger partial charge in [-0.1, -0.05) is 17.4 Å². The summed E-state index contributed by atoms with van der Waals surface area (Å²) in [4.78, 5) is 45.7. The summed E-state index contributed by atoms with van der Waals surface area (Å²) in [5, 5.41) is 3.17. The Kier molecular flexibility index (Phi) is 4.00. The molecule has 3 fully saturated rings. The molecule has 5 unspecified atom stereocenters. The molecule has 9 heteroatoms. The highest BCUT2D eigenvalue weighted by atomic mass is 32.2. The van der Waals surface area contributed by atoms with Crippen molar-refractivity contribution in [1.82, 2.24) is 4.98 Å². The van der Waals surface area contributed by atoms with Gasteiger partial charge in [0.25, 0.3) is 0 Å². The Morgan fingerprint density at radius 2 is 1.75 bits per heavy atom. The smallest absolute Gasteiger partial charge is 0.305 e. The summed E-state index contributed by atoms with van der Waals surface area (Å²) in [7, 11) is 0. The second kappa shape index (κ2) is 6.65. The number of hydrogen-bond acceptors (Lipinski definition) is 6. The normalized spacial score (nSPS) is 34.7. The van der Waals surface area contributed by atoms with Crippen LogP contribution in [0.5, 0.6) is 0 Å². The molecule has 7 rings (SSSR count). The number of amides is 2. The molecule has 2 aromatic heterocycles. The van der Waals surface area contributed by atoms with Crippen LogP contribution in [-0.2, 0) is 9.59 Å². The molecule has 3 aromatic rings. The number of thiazole rings is 1. The van der Waals surface area contributed by atoms with E-state index in [1.165, 1.54) is 45.4 Å². The molecule has 0 radical (unpaired) electrons. The molecule has 2 saturated carbocycles. The van der Waals surface area contributed by atoms with Gasteiger partial charge in [-0.15, -0.1) is 23.1 Å².